The minimum absolute atomic E-state index is 0.252. The Morgan fingerprint density at radius 1 is 1.88 bits per heavy atom. The Hall–Kier alpha value is -0.990. The highest BCUT2D eigenvalue weighted by Crippen LogP contribution is 2.03. The Morgan fingerprint density at radius 3 is 2.88 bits per heavy atom. The first kappa shape index (κ1) is 5.15. The number of anilines is 1. The highest BCUT2D eigenvalue weighted by molar-refractivity contribution is 5.10. The third-order valence-corrected chi connectivity index (χ3v) is 0.920. The van der Waals surface area contributed by atoms with E-state index in [0.717, 1.165) is 12.2 Å². The SMILES string of the molecule is CCc1cnc(N)o1. The molecular formula is C5H8N2O. The van der Waals surface area contributed by atoms with Gasteiger partial charge in [-0.05, 0) is 0 Å². The molecule has 0 spiro atoms. The quantitative estimate of drug-likeness (QED) is 0.585. The molecule has 0 saturated heterocycles. The minimum atomic E-state index is 0.252. The van der Waals surface area contributed by atoms with E-state index >= 15 is 0 Å². The summed E-state index contributed by atoms with van der Waals surface area (Å²) >= 11 is 0. The molecule has 0 unspecified atom stereocenters. The van der Waals surface area contributed by atoms with Crippen LogP contribution in [0.25, 0.3) is 0 Å². The molecule has 2 N–H and O–H groups in total. The largest absolute Gasteiger partial charge is 0.429 e. The molecule has 1 heterocycles. The van der Waals surface area contributed by atoms with Crippen LogP contribution in [0.5, 0.6) is 0 Å². The molecule has 0 bridgehead atoms. The predicted molar refractivity (Wildman–Crippen MR) is 30.3 cm³/mol. The van der Waals surface area contributed by atoms with Crippen molar-refractivity contribution in [2.24, 2.45) is 0 Å². The Kier molecular flexibility index (Phi) is 1.20. The van der Waals surface area contributed by atoms with Crippen LogP contribution in [-0.4, -0.2) is 4.98 Å². The first-order chi connectivity index (χ1) is 3.83. The zero-order valence-electron chi connectivity index (χ0n) is 4.72. The molecular weight excluding hydrogens is 104 g/mol. The second kappa shape index (κ2) is 1.86. The fourth-order valence-corrected chi connectivity index (χ4v) is 0.486. The summed E-state index contributed by atoms with van der Waals surface area (Å²) in [7, 11) is 0. The van der Waals surface area contributed by atoms with E-state index in [2.05, 4.69) is 4.98 Å². The zero-order chi connectivity index (χ0) is 5.98. The number of rotatable bonds is 1. The molecule has 1 rings (SSSR count). The average molecular weight is 112 g/mol. The van der Waals surface area contributed by atoms with Crippen molar-refractivity contribution in [1.82, 2.24) is 4.98 Å². The molecule has 0 saturated carbocycles. The summed E-state index contributed by atoms with van der Waals surface area (Å²) in [5, 5.41) is 0. The highest BCUT2D eigenvalue weighted by Gasteiger charge is 1.93. The summed E-state index contributed by atoms with van der Waals surface area (Å²) in [6.07, 6.45) is 2.49. The van der Waals surface area contributed by atoms with E-state index in [1.54, 1.807) is 6.20 Å². The predicted octanol–water partition coefficient (Wildman–Crippen LogP) is 0.819. The van der Waals surface area contributed by atoms with Gasteiger partial charge in [0.1, 0.15) is 5.76 Å². The van der Waals surface area contributed by atoms with Crippen molar-refractivity contribution in [2.45, 2.75) is 13.3 Å². The lowest BCUT2D eigenvalue weighted by molar-refractivity contribution is 0.529. The number of hydrogen-bond acceptors (Lipinski definition) is 3. The van der Waals surface area contributed by atoms with Gasteiger partial charge < -0.3 is 10.2 Å². The van der Waals surface area contributed by atoms with Gasteiger partial charge in [0.2, 0.25) is 0 Å². The van der Waals surface area contributed by atoms with Crippen LogP contribution in [0.4, 0.5) is 6.01 Å². The number of nitrogens with zero attached hydrogens (tertiary/aromatic N) is 1. The topological polar surface area (TPSA) is 52.0 Å². The van der Waals surface area contributed by atoms with E-state index in [1.165, 1.54) is 0 Å². The lowest BCUT2D eigenvalue weighted by atomic mass is 10.4. The third kappa shape index (κ3) is 0.804. The number of hydrogen-bond donors (Lipinski definition) is 1. The van der Waals surface area contributed by atoms with Gasteiger partial charge in [-0.25, -0.2) is 4.98 Å². The van der Waals surface area contributed by atoms with Crippen LogP contribution >= 0.6 is 0 Å². The number of nitrogens with two attached hydrogens (primary N) is 1. The molecule has 0 aromatic carbocycles. The van der Waals surface area contributed by atoms with Crippen molar-refractivity contribution in [2.75, 3.05) is 5.73 Å². The van der Waals surface area contributed by atoms with Crippen LogP contribution in [0, 0.1) is 0 Å². The Balaban J connectivity index is 2.84. The molecule has 0 aliphatic heterocycles. The van der Waals surface area contributed by atoms with Crippen LogP contribution in [-0.2, 0) is 6.42 Å². The van der Waals surface area contributed by atoms with Gasteiger partial charge >= 0.3 is 0 Å². The minimum Gasteiger partial charge on any atom is -0.429 e. The van der Waals surface area contributed by atoms with E-state index in [4.69, 9.17) is 10.2 Å². The monoisotopic (exact) mass is 112 g/mol. The maximum absolute atomic E-state index is 5.18. The van der Waals surface area contributed by atoms with Gasteiger partial charge in [0.25, 0.3) is 6.01 Å². The molecule has 44 valence electrons. The molecule has 3 nitrogen and oxygen atoms in total. The molecule has 0 aliphatic carbocycles. The van der Waals surface area contributed by atoms with Gasteiger partial charge in [0.05, 0.1) is 6.20 Å². The lowest BCUT2D eigenvalue weighted by Gasteiger charge is -1.80. The molecule has 1 aromatic heterocycles. The lowest BCUT2D eigenvalue weighted by Crippen LogP contribution is -1.80. The molecule has 0 atom stereocenters. The molecule has 0 amide bonds. The summed E-state index contributed by atoms with van der Waals surface area (Å²) in [4.78, 5) is 3.70. The van der Waals surface area contributed by atoms with Crippen molar-refractivity contribution in [3.05, 3.63) is 12.0 Å². The second-order valence-corrected chi connectivity index (χ2v) is 1.52. The fraction of sp³-hybridized carbons (Fsp3) is 0.400. The van der Waals surface area contributed by atoms with Gasteiger partial charge in [0, 0.05) is 6.42 Å². The van der Waals surface area contributed by atoms with Crippen molar-refractivity contribution in [1.29, 1.82) is 0 Å². The highest BCUT2D eigenvalue weighted by atomic mass is 16.4. The maximum atomic E-state index is 5.18. The summed E-state index contributed by atoms with van der Waals surface area (Å²) in [5.41, 5.74) is 5.18. The fourth-order valence-electron chi connectivity index (χ4n) is 0.486. The van der Waals surface area contributed by atoms with Crippen molar-refractivity contribution in [3.8, 4) is 0 Å². The van der Waals surface area contributed by atoms with Crippen molar-refractivity contribution >= 4 is 6.01 Å². The number of aryl methyl sites for hydroxylation is 1. The van der Waals surface area contributed by atoms with E-state index < -0.39 is 0 Å². The number of aromatic nitrogens is 1. The van der Waals surface area contributed by atoms with E-state index in [1.807, 2.05) is 6.92 Å². The van der Waals surface area contributed by atoms with Gasteiger partial charge in [-0.3, -0.25) is 0 Å². The summed E-state index contributed by atoms with van der Waals surface area (Å²) in [6.45, 7) is 1.99. The van der Waals surface area contributed by atoms with Gasteiger partial charge in [-0.1, -0.05) is 6.92 Å². The van der Waals surface area contributed by atoms with Crippen LogP contribution in [0.2, 0.25) is 0 Å². The second-order valence-electron chi connectivity index (χ2n) is 1.52. The molecule has 0 fully saturated rings. The number of nitrogen functional groups attached to an aromatic ring is 1. The van der Waals surface area contributed by atoms with E-state index in [0.29, 0.717) is 0 Å². The first-order valence-electron chi connectivity index (χ1n) is 2.53. The first-order valence-corrected chi connectivity index (χ1v) is 2.53. The van der Waals surface area contributed by atoms with Gasteiger partial charge in [-0.2, -0.15) is 0 Å². The summed E-state index contributed by atoms with van der Waals surface area (Å²) in [5.74, 6) is 0.836. The Labute approximate surface area is 47.5 Å². The van der Waals surface area contributed by atoms with Gasteiger partial charge in [0.15, 0.2) is 0 Å². The molecule has 0 aliphatic rings. The van der Waals surface area contributed by atoms with Crippen LogP contribution in [0.3, 0.4) is 0 Å². The molecule has 1 aromatic rings. The summed E-state index contributed by atoms with van der Waals surface area (Å²) < 4.78 is 4.90. The summed E-state index contributed by atoms with van der Waals surface area (Å²) in [6, 6.07) is 0.252. The van der Waals surface area contributed by atoms with E-state index in [-0.39, 0.29) is 6.01 Å². The van der Waals surface area contributed by atoms with Crippen LogP contribution in [0.15, 0.2) is 10.6 Å². The number of oxazole rings is 1. The van der Waals surface area contributed by atoms with Gasteiger partial charge in [-0.15, -0.1) is 0 Å². The van der Waals surface area contributed by atoms with Crippen molar-refractivity contribution in [3.63, 3.8) is 0 Å². The Morgan fingerprint density at radius 2 is 2.62 bits per heavy atom. The van der Waals surface area contributed by atoms with Crippen molar-refractivity contribution < 1.29 is 4.42 Å². The zero-order valence-corrected chi connectivity index (χ0v) is 4.72. The molecule has 3 heteroatoms. The van der Waals surface area contributed by atoms with Crippen LogP contribution in [0.1, 0.15) is 12.7 Å². The van der Waals surface area contributed by atoms with E-state index in [9.17, 15) is 0 Å². The smallest absolute Gasteiger partial charge is 0.292 e. The Bertz CT molecular complexity index is 171. The molecule has 0 radical (unpaired) electrons. The normalized spacial score (nSPS) is 9.62. The average Bonchev–Trinajstić information content (AvgIpc) is 2.14. The van der Waals surface area contributed by atoms with Crippen LogP contribution < -0.4 is 5.73 Å². The molecule has 8 heavy (non-hydrogen) atoms. The standard InChI is InChI=1S/C5H8N2O/c1-2-4-3-7-5(6)8-4/h3H,2H2,1H3,(H2,6,7). The maximum Gasteiger partial charge on any atom is 0.292 e. The third-order valence-electron chi connectivity index (χ3n) is 0.920.